The zero-order chi connectivity index (χ0) is 13.1. The summed E-state index contributed by atoms with van der Waals surface area (Å²) in [5.74, 6) is 0. The maximum atomic E-state index is 4.64. The van der Waals surface area contributed by atoms with Gasteiger partial charge >= 0.3 is 0 Å². The van der Waals surface area contributed by atoms with Gasteiger partial charge in [-0.25, -0.2) is 4.98 Å². The molecule has 2 aromatic heterocycles. The SMILES string of the molecule is CCNC(C)c1sc(-c2cccc(C)n2)nc1C. The standard InChI is InChI=1S/C14H19N3S/c1-5-15-10(3)13-11(4)17-14(18-13)12-8-6-7-9(2)16-12/h6-8,10,15H,5H2,1-4H3. The van der Waals surface area contributed by atoms with Gasteiger partial charge in [-0.1, -0.05) is 13.0 Å². The largest absolute Gasteiger partial charge is 0.310 e. The van der Waals surface area contributed by atoms with Crippen LogP contribution in [0.4, 0.5) is 0 Å². The van der Waals surface area contributed by atoms with Crippen LogP contribution >= 0.6 is 11.3 Å². The molecule has 0 aliphatic rings. The van der Waals surface area contributed by atoms with Gasteiger partial charge in [0, 0.05) is 16.6 Å². The van der Waals surface area contributed by atoms with E-state index in [4.69, 9.17) is 0 Å². The Balaban J connectivity index is 2.34. The van der Waals surface area contributed by atoms with Crippen LogP contribution < -0.4 is 5.32 Å². The van der Waals surface area contributed by atoms with Crippen molar-refractivity contribution >= 4 is 11.3 Å². The minimum absolute atomic E-state index is 0.353. The summed E-state index contributed by atoms with van der Waals surface area (Å²) in [6, 6.07) is 6.41. The Labute approximate surface area is 112 Å². The number of hydrogen-bond donors (Lipinski definition) is 1. The molecule has 0 saturated carbocycles. The highest BCUT2D eigenvalue weighted by Crippen LogP contribution is 2.30. The molecule has 18 heavy (non-hydrogen) atoms. The van der Waals surface area contributed by atoms with Crippen molar-refractivity contribution in [3.05, 3.63) is 34.5 Å². The predicted molar refractivity (Wildman–Crippen MR) is 76.9 cm³/mol. The van der Waals surface area contributed by atoms with E-state index in [-0.39, 0.29) is 0 Å². The van der Waals surface area contributed by atoms with Crippen molar-refractivity contribution in [2.24, 2.45) is 0 Å². The van der Waals surface area contributed by atoms with Gasteiger partial charge in [-0.05, 0) is 39.4 Å². The van der Waals surface area contributed by atoms with E-state index < -0.39 is 0 Å². The summed E-state index contributed by atoms with van der Waals surface area (Å²) < 4.78 is 0. The van der Waals surface area contributed by atoms with Crippen LogP contribution in [-0.2, 0) is 0 Å². The highest BCUT2D eigenvalue weighted by Gasteiger charge is 2.15. The summed E-state index contributed by atoms with van der Waals surface area (Å²) in [6.45, 7) is 9.34. The number of nitrogens with one attached hydrogen (secondary N) is 1. The molecule has 0 aromatic carbocycles. The molecule has 1 unspecified atom stereocenters. The number of aromatic nitrogens is 2. The molecule has 0 bridgehead atoms. The van der Waals surface area contributed by atoms with Crippen LogP contribution in [0.2, 0.25) is 0 Å². The Bertz CT molecular complexity index is 534. The number of aryl methyl sites for hydroxylation is 2. The molecule has 3 nitrogen and oxygen atoms in total. The summed E-state index contributed by atoms with van der Waals surface area (Å²) in [5.41, 5.74) is 3.10. The molecule has 0 spiro atoms. The van der Waals surface area contributed by atoms with Crippen LogP contribution in [0.15, 0.2) is 18.2 Å². The summed E-state index contributed by atoms with van der Waals surface area (Å²) in [6.07, 6.45) is 0. The molecule has 4 heteroatoms. The van der Waals surface area contributed by atoms with Gasteiger partial charge in [0.1, 0.15) is 5.01 Å². The van der Waals surface area contributed by atoms with E-state index in [0.29, 0.717) is 6.04 Å². The van der Waals surface area contributed by atoms with Crippen LogP contribution in [0.25, 0.3) is 10.7 Å². The third-order valence-corrected chi connectivity index (χ3v) is 4.21. The number of pyridine rings is 1. The fraction of sp³-hybridized carbons (Fsp3) is 0.429. The van der Waals surface area contributed by atoms with Crippen molar-refractivity contribution in [1.29, 1.82) is 0 Å². The first-order valence-corrected chi connectivity index (χ1v) is 7.08. The summed E-state index contributed by atoms with van der Waals surface area (Å²) in [7, 11) is 0. The fourth-order valence-electron chi connectivity index (χ4n) is 1.98. The first kappa shape index (κ1) is 13.2. The Kier molecular flexibility index (Phi) is 4.09. The molecule has 96 valence electrons. The van der Waals surface area contributed by atoms with Crippen LogP contribution in [0.5, 0.6) is 0 Å². The summed E-state index contributed by atoms with van der Waals surface area (Å²) in [5, 5.41) is 4.44. The van der Waals surface area contributed by atoms with Gasteiger partial charge in [0.15, 0.2) is 0 Å². The minimum atomic E-state index is 0.353. The maximum absolute atomic E-state index is 4.64. The lowest BCUT2D eigenvalue weighted by Gasteiger charge is -2.09. The van der Waals surface area contributed by atoms with Crippen molar-refractivity contribution in [2.75, 3.05) is 6.54 Å². The summed E-state index contributed by atoms with van der Waals surface area (Å²) in [4.78, 5) is 10.5. The van der Waals surface area contributed by atoms with Gasteiger partial charge in [-0.2, -0.15) is 0 Å². The van der Waals surface area contributed by atoms with E-state index in [1.165, 1.54) is 4.88 Å². The molecule has 2 rings (SSSR count). The van der Waals surface area contributed by atoms with Crippen molar-refractivity contribution in [3.63, 3.8) is 0 Å². The highest BCUT2D eigenvalue weighted by molar-refractivity contribution is 7.15. The molecule has 0 radical (unpaired) electrons. The first-order chi connectivity index (χ1) is 8.61. The maximum Gasteiger partial charge on any atom is 0.142 e. The molecule has 0 saturated heterocycles. The average molecular weight is 261 g/mol. The average Bonchev–Trinajstić information content (AvgIpc) is 2.72. The van der Waals surface area contributed by atoms with Crippen LogP contribution in [0, 0.1) is 13.8 Å². The van der Waals surface area contributed by atoms with Gasteiger partial charge in [-0.3, -0.25) is 4.98 Å². The van der Waals surface area contributed by atoms with E-state index in [0.717, 1.165) is 28.6 Å². The quantitative estimate of drug-likeness (QED) is 0.915. The third-order valence-electron chi connectivity index (χ3n) is 2.84. The fourth-order valence-corrected chi connectivity index (χ4v) is 3.04. The number of thiazole rings is 1. The molecule has 0 amide bonds. The Hall–Kier alpha value is -1.26. The monoisotopic (exact) mass is 261 g/mol. The lowest BCUT2D eigenvalue weighted by molar-refractivity contribution is 0.603. The second-order valence-corrected chi connectivity index (χ2v) is 5.44. The molecular weight excluding hydrogens is 242 g/mol. The van der Waals surface area contributed by atoms with Crippen LogP contribution in [0.1, 0.15) is 36.2 Å². The number of nitrogens with zero attached hydrogens (tertiary/aromatic N) is 2. The molecule has 2 heterocycles. The second kappa shape index (κ2) is 5.59. The molecular formula is C14H19N3S. The summed E-state index contributed by atoms with van der Waals surface area (Å²) >= 11 is 1.73. The molecule has 2 aromatic rings. The van der Waals surface area contributed by atoms with Crippen LogP contribution in [-0.4, -0.2) is 16.5 Å². The lowest BCUT2D eigenvalue weighted by atomic mass is 10.2. The highest BCUT2D eigenvalue weighted by atomic mass is 32.1. The van der Waals surface area contributed by atoms with E-state index in [9.17, 15) is 0 Å². The minimum Gasteiger partial charge on any atom is -0.310 e. The van der Waals surface area contributed by atoms with Crippen molar-refractivity contribution < 1.29 is 0 Å². The molecule has 0 aliphatic heterocycles. The van der Waals surface area contributed by atoms with E-state index in [1.54, 1.807) is 11.3 Å². The van der Waals surface area contributed by atoms with Crippen LogP contribution in [0.3, 0.4) is 0 Å². The number of rotatable bonds is 4. The van der Waals surface area contributed by atoms with Gasteiger partial charge in [0.05, 0.1) is 11.4 Å². The smallest absolute Gasteiger partial charge is 0.142 e. The van der Waals surface area contributed by atoms with Gasteiger partial charge in [0.25, 0.3) is 0 Å². The van der Waals surface area contributed by atoms with E-state index >= 15 is 0 Å². The zero-order valence-corrected chi connectivity index (χ0v) is 12.1. The predicted octanol–water partition coefficient (Wildman–Crippen LogP) is 3.49. The second-order valence-electron chi connectivity index (χ2n) is 4.41. The van der Waals surface area contributed by atoms with E-state index in [2.05, 4.69) is 36.1 Å². The van der Waals surface area contributed by atoms with Gasteiger partial charge in [0.2, 0.25) is 0 Å². The first-order valence-electron chi connectivity index (χ1n) is 6.26. The number of hydrogen-bond acceptors (Lipinski definition) is 4. The van der Waals surface area contributed by atoms with Crippen molar-refractivity contribution in [3.8, 4) is 10.7 Å². The lowest BCUT2D eigenvalue weighted by Crippen LogP contribution is -2.17. The van der Waals surface area contributed by atoms with Gasteiger partial charge in [-0.15, -0.1) is 11.3 Å². The third kappa shape index (κ3) is 2.76. The zero-order valence-electron chi connectivity index (χ0n) is 11.3. The van der Waals surface area contributed by atoms with Crippen molar-refractivity contribution in [1.82, 2.24) is 15.3 Å². The topological polar surface area (TPSA) is 37.8 Å². The molecule has 1 atom stereocenters. The molecule has 0 fully saturated rings. The van der Waals surface area contributed by atoms with E-state index in [1.807, 2.05) is 25.1 Å². The molecule has 1 N–H and O–H groups in total. The Morgan fingerprint density at radius 1 is 1.28 bits per heavy atom. The normalized spacial score (nSPS) is 12.7. The Morgan fingerprint density at radius 2 is 2.06 bits per heavy atom. The Morgan fingerprint density at radius 3 is 2.72 bits per heavy atom. The van der Waals surface area contributed by atoms with Gasteiger partial charge < -0.3 is 5.32 Å². The van der Waals surface area contributed by atoms with Crippen molar-refractivity contribution in [2.45, 2.75) is 33.7 Å². The molecule has 0 aliphatic carbocycles.